The van der Waals surface area contributed by atoms with Crippen molar-refractivity contribution in [2.24, 2.45) is 7.05 Å². The standard InChI is InChI=1S/C13H14N4OS/c1-9-8-11(16-17(9)2)12(18)15-13(19)14-10-6-4-3-5-7-10/h3-8H,1-2H3,(H2,14,15,18,19). The third kappa shape index (κ3) is 3.38. The number of anilines is 1. The van der Waals surface area contributed by atoms with Gasteiger partial charge in [0, 0.05) is 18.4 Å². The summed E-state index contributed by atoms with van der Waals surface area (Å²) in [6, 6.07) is 11.1. The summed E-state index contributed by atoms with van der Waals surface area (Å²) in [6.07, 6.45) is 0. The first-order valence-electron chi connectivity index (χ1n) is 5.74. The number of carbonyl (C=O) groups is 1. The van der Waals surface area contributed by atoms with Gasteiger partial charge < -0.3 is 5.32 Å². The fraction of sp³-hybridized carbons (Fsp3) is 0.154. The Kier molecular flexibility index (Phi) is 3.91. The van der Waals surface area contributed by atoms with Crippen molar-refractivity contribution in [2.75, 3.05) is 5.32 Å². The third-order valence-electron chi connectivity index (χ3n) is 2.61. The summed E-state index contributed by atoms with van der Waals surface area (Å²) in [5, 5.41) is 9.86. The Morgan fingerprint density at radius 2 is 2.00 bits per heavy atom. The molecule has 1 amide bonds. The fourth-order valence-corrected chi connectivity index (χ4v) is 1.73. The van der Waals surface area contributed by atoms with E-state index in [-0.39, 0.29) is 11.0 Å². The second-order valence-electron chi connectivity index (χ2n) is 4.07. The molecule has 2 aromatic rings. The molecule has 0 saturated heterocycles. The van der Waals surface area contributed by atoms with Crippen LogP contribution in [-0.2, 0) is 7.05 Å². The monoisotopic (exact) mass is 274 g/mol. The van der Waals surface area contributed by atoms with Crippen molar-refractivity contribution in [3.05, 3.63) is 47.8 Å². The first kappa shape index (κ1) is 13.2. The van der Waals surface area contributed by atoms with E-state index >= 15 is 0 Å². The number of amides is 1. The maximum atomic E-state index is 11.9. The topological polar surface area (TPSA) is 59.0 Å². The molecule has 0 fully saturated rings. The SMILES string of the molecule is Cc1cc(C(=O)NC(=S)Nc2ccccc2)nn1C. The normalized spacial score (nSPS) is 10.0. The van der Waals surface area contributed by atoms with E-state index in [0.717, 1.165) is 11.4 Å². The highest BCUT2D eigenvalue weighted by Gasteiger charge is 2.12. The largest absolute Gasteiger partial charge is 0.332 e. The number of carbonyl (C=O) groups excluding carboxylic acids is 1. The molecule has 0 aliphatic carbocycles. The van der Waals surface area contributed by atoms with E-state index in [4.69, 9.17) is 12.2 Å². The highest BCUT2D eigenvalue weighted by atomic mass is 32.1. The Balaban J connectivity index is 1.97. The summed E-state index contributed by atoms with van der Waals surface area (Å²) >= 11 is 5.07. The van der Waals surface area contributed by atoms with Gasteiger partial charge in [0.1, 0.15) is 0 Å². The van der Waals surface area contributed by atoms with E-state index in [0.29, 0.717) is 5.69 Å². The minimum atomic E-state index is -0.322. The average molecular weight is 274 g/mol. The number of aryl methyl sites for hydroxylation is 2. The Morgan fingerprint density at radius 3 is 2.58 bits per heavy atom. The van der Waals surface area contributed by atoms with Gasteiger partial charge in [-0.05, 0) is 37.3 Å². The minimum Gasteiger partial charge on any atom is -0.332 e. The first-order chi connectivity index (χ1) is 9.06. The lowest BCUT2D eigenvalue weighted by molar-refractivity contribution is 0.0972. The van der Waals surface area contributed by atoms with Crippen LogP contribution in [0.25, 0.3) is 0 Å². The average Bonchev–Trinajstić information content (AvgIpc) is 2.71. The highest BCUT2D eigenvalue weighted by molar-refractivity contribution is 7.80. The molecule has 0 saturated carbocycles. The van der Waals surface area contributed by atoms with Gasteiger partial charge >= 0.3 is 0 Å². The second kappa shape index (κ2) is 5.62. The Morgan fingerprint density at radius 1 is 1.32 bits per heavy atom. The summed E-state index contributed by atoms with van der Waals surface area (Å²) in [5.74, 6) is -0.322. The minimum absolute atomic E-state index is 0.250. The molecule has 1 heterocycles. The molecule has 0 aliphatic rings. The van der Waals surface area contributed by atoms with Crippen LogP contribution in [0, 0.1) is 6.92 Å². The van der Waals surface area contributed by atoms with Gasteiger partial charge in [-0.25, -0.2) is 0 Å². The molecule has 2 N–H and O–H groups in total. The summed E-state index contributed by atoms with van der Waals surface area (Å²) < 4.78 is 1.64. The lowest BCUT2D eigenvalue weighted by Crippen LogP contribution is -2.34. The van der Waals surface area contributed by atoms with E-state index in [1.54, 1.807) is 17.8 Å². The van der Waals surface area contributed by atoms with Crippen LogP contribution in [0.3, 0.4) is 0 Å². The van der Waals surface area contributed by atoms with Gasteiger partial charge in [0.2, 0.25) is 0 Å². The molecule has 0 radical (unpaired) electrons. The number of hydrogen-bond donors (Lipinski definition) is 2. The van der Waals surface area contributed by atoms with Crippen LogP contribution in [-0.4, -0.2) is 20.8 Å². The van der Waals surface area contributed by atoms with Crippen LogP contribution in [0.4, 0.5) is 5.69 Å². The van der Waals surface area contributed by atoms with Crippen LogP contribution in [0.15, 0.2) is 36.4 Å². The van der Waals surface area contributed by atoms with Crippen LogP contribution in [0.2, 0.25) is 0 Å². The molecule has 6 heteroatoms. The number of rotatable bonds is 2. The molecule has 2 rings (SSSR count). The summed E-state index contributed by atoms with van der Waals surface area (Å²) in [5.41, 5.74) is 2.08. The van der Waals surface area contributed by atoms with E-state index in [1.165, 1.54) is 0 Å². The van der Waals surface area contributed by atoms with Gasteiger partial charge in [-0.3, -0.25) is 14.8 Å². The van der Waals surface area contributed by atoms with Crippen molar-refractivity contribution in [3.8, 4) is 0 Å². The van der Waals surface area contributed by atoms with Crippen LogP contribution < -0.4 is 10.6 Å². The molecule has 0 bridgehead atoms. The maximum absolute atomic E-state index is 11.9. The maximum Gasteiger partial charge on any atom is 0.277 e. The zero-order valence-corrected chi connectivity index (χ0v) is 11.5. The number of thiocarbonyl (C=S) groups is 1. The number of aromatic nitrogens is 2. The summed E-state index contributed by atoms with van der Waals surface area (Å²) in [7, 11) is 1.78. The zero-order valence-electron chi connectivity index (χ0n) is 10.7. The molecule has 1 aromatic heterocycles. The van der Waals surface area contributed by atoms with Gasteiger partial charge in [0.25, 0.3) is 5.91 Å². The van der Waals surface area contributed by atoms with Crippen molar-refractivity contribution < 1.29 is 4.79 Å². The van der Waals surface area contributed by atoms with Crippen molar-refractivity contribution in [1.29, 1.82) is 0 Å². The summed E-state index contributed by atoms with van der Waals surface area (Å²) in [4.78, 5) is 11.9. The number of benzene rings is 1. The van der Waals surface area contributed by atoms with Gasteiger partial charge in [0.15, 0.2) is 10.8 Å². The van der Waals surface area contributed by atoms with E-state index in [9.17, 15) is 4.79 Å². The van der Waals surface area contributed by atoms with Gasteiger partial charge in [-0.2, -0.15) is 5.10 Å². The Bertz CT molecular complexity index is 587. The third-order valence-corrected chi connectivity index (χ3v) is 2.81. The number of nitrogens with one attached hydrogen (secondary N) is 2. The van der Waals surface area contributed by atoms with Crippen LogP contribution in [0.1, 0.15) is 16.2 Å². The molecule has 0 unspecified atom stereocenters. The number of hydrogen-bond acceptors (Lipinski definition) is 3. The lowest BCUT2D eigenvalue weighted by Gasteiger charge is -2.07. The molecular weight excluding hydrogens is 260 g/mol. The zero-order chi connectivity index (χ0) is 13.8. The smallest absolute Gasteiger partial charge is 0.277 e. The molecule has 98 valence electrons. The van der Waals surface area contributed by atoms with E-state index < -0.39 is 0 Å². The number of nitrogens with zero attached hydrogens (tertiary/aromatic N) is 2. The van der Waals surface area contributed by atoms with Gasteiger partial charge in [-0.15, -0.1) is 0 Å². The predicted molar refractivity (Wildman–Crippen MR) is 78.1 cm³/mol. The van der Waals surface area contributed by atoms with E-state index in [1.807, 2.05) is 37.3 Å². The molecular formula is C13H14N4OS. The fourth-order valence-electron chi connectivity index (χ4n) is 1.52. The van der Waals surface area contributed by atoms with Crippen molar-refractivity contribution in [3.63, 3.8) is 0 Å². The van der Waals surface area contributed by atoms with Crippen molar-refractivity contribution in [1.82, 2.24) is 15.1 Å². The number of para-hydroxylation sites is 1. The van der Waals surface area contributed by atoms with E-state index in [2.05, 4.69) is 15.7 Å². The lowest BCUT2D eigenvalue weighted by atomic mass is 10.3. The first-order valence-corrected chi connectivity index (χ1v) is 6.15. The quantitative estimate of drug-likeness (QED) is 0.821. The highest BCUT2D eigenvalue weighted by Crippen LogP contribution is 2.05. The van der Waals surface area contributed by atoms with Crippen LogP contribution >= 0.6 is 12.2 Å². The molecule has 19 heavy (non-hydrogen) atoms. The van der Waals surface area contributed by atoms with Gasteiger partial charge in [0.05, 0.1) is 0 Å². The summed E-state index contributed by atoms with van der Waals surface area (Å²) in [6.45, 7) is 1.88. The second-order valence-corrected chi connectivity index (χ2v) is 4.48. The van der Waals surface area contributed by atoms with Crippen molar-refractivity contribution in [2.45, 2.75) is 6.92 Å². The Labute approximate surface area is 116 Å². The predicted octanol–water partition coefficient (Wildman–Crippen LogP) is 1.86. The van der Waals surface area contributed by atoms with Crippen LogP contribution in [0.5, 0.6) is 0 Å². The van der Waals surface area contributed by atoms with Crippen molar-refractivity contribution >= 4 is 28.9 Å². The molecule has 5 nitrogen and oxygen atoms in total. The molecule has 0 spiro atoms. The molecule has 0 aliphatic heterocycles. The molecule has 1 aromatic carbocycles. The van der Waals surface area contributed by atoms with Gasteiger partial charge in [-0.1, -0.05) is 18.2 Å². The molecule has 0 atom stereocenters. The Hall–Kier alpha value is -2.21.